The molecule has 11 nitrogen and oxygen atoms in total. The molecule has 2 aromatic rings. The number of carbonyl (C=O) groups is 2. The van der Waals surface area contributed by atoms with Gasteiger partial charge in [0.1, 0.15) is 17.1 Å². The third-order valence-electron chi connectivity index (χ3n) is 4.57. The number of aliphatic carboxylic acids is 1. The van der Waals surface area contributed by atoms with Gasteiger partial charge in [0.25, 0.3) is 0 Å². The van der Waals surface area contributed by atoms with Gasteiger partial charge >= 0.3 is 17.6 Å². The molecule has 1 heterocycles. The molecule has 1 atom stereocenters. The van der Waals surface area contributed by atoms with Crippen molar-refractivity contribution in [3.63, 3.8) is 0 Å². The Balaban J connectivity index is 2.40. The summed E-state index contributed by atoms with van der Waals surface area (Å²) in [5, 5.41) is 31.7. The van der Waals surface area contributed by atoms with Crippen molar-refractivity contribution in [3.8, 4) is 0 Å². The highest BCUT2D eigenvalue weighted by atomic mass is 19.1. The van der Waals surface area contributed by atoms with Gasteiger partial charge in [0, 0.05) is 12.2 Å². The number of aromatic nitrogens is 1. The maximum absolute atomic E-state index is 14.7. The Kier molecular flexibility index (Phi) is 5.20. The molecule has 1 saturated carbocycles. The van der Waals surface area contributed by atoms with E-state index in [2.05, 4.69) is 10.1 Å². The van der Waals surface area contributed by atoms with Crippen LogP contribution in [0, 0.1) is 15.9 Å². The van der Waals surface area contributed by atoms with Crippen molar-refractivity contribution in [2.24, 2.45) is 0 Å². The minimum Gasteiger partial charge on any atom is -0.480 e. The summed E-state index contributed by atoms with van der Waals surface area (Å²) in [6.07, 6.45) is 2.36. The summed E-state index contributed by atoms with van der Waals surface area (Å²) < 4.78 is 20.6. The number of methoxy groups -OCH3 is 1. The van der Waals surface area contributed by atoms with E-state index in [9.17, 15) is 34.0 Å². The Hall–Kier alpha value is -3.54. The molecule has 29 heavy (non-hydrogen) atoms. The molecule has 0 spiro atoms. The van der Waals surface area contributed by atoms with E-state index in [-0.39, 0.29) is 11.6 Å². The number of esters is 1. The average Bonchev–Trinajstić information content (AvgIpc) is 3.50. The number of carbonyl (C=O) groups excluding carboxylic acids is 1. The number of anilines is 1. The maximum Gasteiger partial charge on any atom is 0.343 e. The fraction of sp³-hybridized carbons (Fsp3) is 0.353. The first-order valence-electron chi connectivity index (χ1n) is 8.45. The van der Waals surface area contributed by atoms with Crippen LogP contribution in [0.1, 0.15) is 29.2 Å². The van der Waals surface area contributed by atoms with Crippen LogP contribution in [0.15, 0.2) is 17.1 Å². The third kappa shape index (κ3) is 3.49. The lowest BCUT2D eigenvalue weighted by Crippen LogP contribution is -2.33. The SMILES string of the molecule is COC(=O)c1cn(C2CC2)c2c([N+](=O)[O-])c(NC(CO)C(=O)O)c(F)cc2c1=O. The van der Waals surface area contributed by atoms with Gasteiger partial charge in [0.2, 0.25) is 5.43 Å². The minimum absolute atomic E-state index is 0.249. The molecule has 1 aromatic heterocycles. The van der Waals surface area contributed by atoms with E-state index in [1.165, 1.54) is 4.57 Å². The quantitative estimate of drug-likeness (QED) is 0.344. The van der Waals surface area contributed by atoms with Crippen molar-refractivity contribution in [2.45, 2.75) is 24.9 Å². The number of nitro benzene ring substituents is 1. The van der Waals surface area contributed by atoms with Gasteiger partial charge in [-0.05, 0) is 18.9 Å². The second-order valence-corrected chi connectivity index (χ2v) is 6.45. The van der Waals surface area contributed by atoms with E-state index in [4.69, 9.17) is 5.11 Å². The summed E-state index contributed by atoms with van der Waals surface area (Å²) >= 11 is 0. The predicted octanol–water partition coefficient (Wildman–Crippen LogP) is 1.03. The molecule has 1 aromatic carbocycles. The van der Waals surface area contributed by atoms with Gasteiger partial charge in [-0.3, -0.25) is 14.9 Å². The summed E-state index contributed by atoms with van der Waals surface area (Å²) in [5.74, 6) is -3.80. The van der Waals surface area contributed by atoms with Crippen molar-refractivity contribution >= 4 is 34.2 Å². The molecule has 12 heteroatoms. The molecule has 1 aliphatic carbocycles. The first-order chi connectivity index (χ1) is 13.7. The molecule has 154 valence electrons. The lowest BCUT2D eigenvalue weighted by Gasteiger charge is -2.17. The first kappa shape index (κ1) is 20.2. The first-order valence-corrected chi connectivity index (χ1v) is 8.45. The zero-order chi connectivity index (χ0) is 21.5. The Morgan fingerprint density at radius 1 is 1.48 bits per heavy atom. The van der Waals surface area contributed by atoms with E-state index >= 15 is 0 Å². The molecule has 0 radical (unpaired) electrons. The van der Waals surface area contributed by atoms with Crippen LogP contribution in [0.5, 0.6) is 0 Å². The standard InChI is InChI=1S/C17H16FN3O8/c1-29-17(26)9-5-20(7-2-3-7)13-8(15(9)23)4-10(18)12(14(13)21(27)28)19-11(6-22)16(24)25/h4-5,7,11,19,22H,2-3,6H2,1H3,(H,24,25). The molecule has 1 fully saturated rings. The number of halogens is 1. The van der Waals surface area contributed by atoms with Crippen molar-refractivity contribution in [1.82, 2.24) is 4.57 Å². The fourth-order valence-electron chi connectivity index (χ4n) is 3.04. The lowest BCUT2D eigenvalue weighted by molar-refractivity contribution is -0.382. The van der Waals surface area contributed by atoms with E-state index in [1.807, 2.05) is 0 Å². The van der Waals surface area contributed by atoms with Crippen molar-refractivity contribution < 1.29 is 33.9 Å². The highest BCUT2D eigenvalue weighted by molar-refractivity contribution is 5.99. The van der Waals surface area contributed by atoms with Crippen LogP contribution in [-0.2, 0) is 9.53 Å². The van der Waals surface area contributed by atoms with Crippen molar-refractivity contribution in [3.05, 3.63) is 44.0 Å². The number of hydrogen-bond donors (Lipinski definition) is 3. The third-order valence-corrected chi connectivity index (χ3v) is 4.57. The smallest absolute Gasteiger partial charge is 0.343 e. The van der Waals surface area contributed by atoms with Gasteiger partial charge in [-0.25, -0.2) is 14.0 Å². The summed E-state index contributed by atoms with van der Waals surface area (Å²) in [6, 6.07) is -1.27. The number of ether oxygens (including phenoxy) is 1. The van der Waals surface area contributed by atoms with Crippen LogP contribution in [-0.4, -0.2) is 51.4 Å². The van der Waals surface area contributed by atoms with Crippen molar-refractivity contribution in [1.29, 1.82) is 0 Å². The second-order valence-electron chi connectivity index (χ2n) is 6.45. The number of fused-ring (bicyclic) bond motifs is 1. The monoisotopic (exact) mass is 409 g/mol. The number of pyridine rings is 1. The molecule has 0 saturated heterocycles. The normalized spacial score (nSPS) is 14.4. The number of carboxylic acid groups (broad SMARTS) is 1. The Labute approximate surface area is 161 Å². The van der Waals surface area contributed by atoms with Crippen molar-refractivity contribution in [2.75, 3.05) is 19.0 Å². The number of nitro groups is 1. The van der Waals surface area contributed by atoms with Gasteiger partial charge in [-0.15, -0.1) is 0 Å². The molecule has 1 unspecified atom stereocenters. The minimum atomic E-state index is -1.71. The Morgan fingerprint density at radius 2 is 2.14 bits per heavy atom. The maximum atomic E-state index is 14.7. The van der Waals surface area contributed by atoms with Gasteiger partial charge in [-0.2, -0.15) is 0 Å². The number of nitrogens with zero attached hydrogens (tertiary/aromatic N) is 2. The Morgan fingerprint density at radius 3 is 2.62 bits per heavy atom. The van der Waals surface area contributed by atoms with Crippen LogP contribution in [0.3, 0.4) is 0 Å². The number of hydrogen-bond acceptors (Lipinski definition) is 8. The Bertz CT molecular complexity index is 1090. The highest BCUT2D eigenvalue weighted by Crippen LogP contribution is 2.42. The molecule has 3 rings (SSSR count). The summed E-state index contributed by atoms with van der Waals surface area (Å²) in [7, 11) is 1.06. The number of carboxylic acids is 1. The predicted molar refractivity (Wildman–Crippen MR) is 96.6 cm³/mol. The van der Waals surface area contributed by atoms with Gasteiger partial charge in [0.05, 0.1) is 24.0 Å². The van der Waals surface area contributed by atoms with Crippen LogP contribution in [0.25, 0.3) is 10.9 Å². The topological polar surface area (TPSA) is 161 Å². The number of aliphatic hydroxyl groups is 1. The molecular formula is C17H16FN3O8. The number of nitrogens with one attached hydrogen (secondary N) is 1. The van der Waals surface area contributed by atoms with Gasteiger partial charge < -0.3 is 24.8 Å². The van der Waals surface area contributed by atoms with Crippen LogP contribution < -0.4 is 10.7 Å². The van der Waals surface area contributed by atoms with E-state index in [0.29, 0.717) is 18.9 Å². The van der Waals surface area contributed by atoms with Crippen LogP contribution >= 0.6 is 0 Å². The number of benzene rings is 1. The van der Waals surface area contributed by atoms with E-state index < -0.39 is 63.1 Å². The van der Waals surface area contributed by atoms with E-state index in [0.717, 1.165) is 13.3 Å². The van der Waals surface area contributed by atoms with Gasteiger partial charge in [-0.1, -0.05) is 0 Å². The molecule has 1 aliphatic rings. The molecule has 0 aliphatic heterocycles. The van der Waals surface area contributed by atoms with Crippen LogP contribution in [0.2, 0.25) is 0 Å². The van der Waals surface area contributed by atoms with E-state index in [1.54, 1.807) is 0 Å². The van der Waals surface area contributed by atoms with Gasteiger partial charge in [0.15, 0.2) is 11.5 Å². The molecule has 0 bridgehead atoms. The average molecular weight is 409 g/mol. The largest absolute Gasteiger partial charge is 0.480 e. The molecular weight excluding hydrogens is 393 g/mol. The number of aliphatic hydroxyl groups excluding tert-OH is 1. The second kappa shape index (κ2) is 7.47. The summed E-state index contributed by atoms with van der Waals surface area (Å²) in [5.41, 5.74) is -3.24. The zero-order valence-corrected chi connectivity index (χ0v) is 15.0. The summed E-state index contributed by atoms with van der Waals surface area (Å²) in [6.45, 7) is -0.958. The number of rotatable bonds is 7. The summed E-state index contributed by atoms with van der Waals surface area (Å²) in [4.78, 5) is 46.6. The molecule has 3 N–H and O–H groups in total. The molecule has 0 amide bonds. The highest BCUT2D eigenvalue weighted by Gasteiger charge is 2.35. The lowest BCUT2D eigenvalue weighted by atomic mass is 10.1. The zero-order valence-electron chi connectivity index (χ0n) is 15.0. The van der Waals surface area contributed by atoms with Crippen LogP contribution in [0.4, 0.5) is 15.8 Å². The fourth-order valence-corrected chi connectivity index (χ4v) is 3.04.